The Kier molecular flexibility index (Phi) is 5.48. The maximum atomic E-state index is 14.6. The van der Waals surface area contributed by atoms with E-state index >= 15 is 0 Å². The van der Waals surface area contributed by atoms with E-state index in [1.54, 1.807) is 0 Å². The van der Waals surface area contributed by atoms with Crippen LogP contribution in [0.2, 0.25) is 0 Å². The number of nitrogens with zero attached hydrogens (tertiary/aromatic N) is 5. The topological polar surface area (TPSA) is 90.3 Å². The van der Waals surface area contributed by atoms with E-state index in [4.69, 9.17) is 4.98 Å². The Labute approximate surface area is 207 Å². The molecule has 3 aromatic rings. The lowest BCUT2D eigenvalue weighted by atomic mass is 10.0. The molecule has 0 bridgehead atoms. The van der Waals surface area contributed by atoms with Crippen LogP contribution in [0.1, 0.15) is 40.2 Å². The molecule has 1 aromatic carbocycles. The lowest BCUT2D eigenvalue weighted by Gasteiger charge is -2.37. The molecule has 0 aliphatic carbocycles. The number of hydrogen-bond acceptors (Lipinski definition) is 6. The molecule has 1 unspecified atom stereocenters. The van der Waals surface area contributed by atoms with Gasteiger partial charge >= 0.3 is 0 Å². The number of imide groups is 1. The highest BCUT2D eigenvalue weighted by Crippen LogP contribution is 2.35. The molecule has 3 aliphatic heterocycles. The minimum absolute atomic E-state index is 0.186. The van der Waals surface area contributed by atoms with E-state index in [0.717, 1.165) is 42.2 Å². The summed E-state index contributed by atoms with van der Waals surface area (Å²) in [6, 6.07) is 8.00. The number of piperazine rings is 1. The molecule has 3 amide bonds. The summed E-state index contributed by atoms with van der Waals surface area (Å²) in [5.74, 6) is -1.62. The van der Waals surface area contributed by atoms with Crippen LogP contribution >= 0.6 is 0 Å². The maximum absolute atomic E-state index is 14.6. The van der Waals surface area contributed by atoms with Gasteiger partial charge in [0, 0.05) is 74.4 Å². The van der Waals surface area contributed by atoms with E-state index in [9.17, 15) is 18.8 Å². The molecule has 3 aliphatic rings. The Bertz CT molecular complexity index is 1390. The number of carbonyl (C=O) groups excluding carboxylic acids is 3. The molecule has 5 heterocycles. The van der Waals surface area contributed by atoms with Gasteiger partial charge in [-0.1, -0.05) is 6.07 Å². The second kappa shape index (κ2) is 8.70. The Balaban J connectivity index is 1.18. The van der Waals surface area contributed by atoms with Crippen molar-refractivity contribution in [1.82, 2.24) is 24.5 Å². The Morgan fingerprint density at radius 3 is 2.67 bits per heavy atom. The van der Waals surface area contributed by atoms with Crippen LogP contribution in [0.3, 0.4) is 0 Å². The van der Waals surface area contributed by atoms with Crippen LogP contribution in [-0.2, 0) is 22.7 Å². The van der Waals surface area contributed by atoms with E-state index in [2.05, 4.69) is 26.4 Å². The number of rotatable bonds is 4. The highest BCUT2D eigenvalue weighted by Gasteiger charge is 2.41. The summed E-state index contributed by atoms with van der Waals surface area (Å²) < 4.78 is 16.7. The number of aryl methyl sites for hydroxylation is 1. The fourth-order valence-corrected chi connectivity index (χ4v) is 5.57. The number of fused-ring (bicyclic) bond motifs is 2. The SMILES string of the molecule is Cc1c(CN2CCN(c3cc(F)cc4c3CN(C3CCC(=O)NC3=O)C4=O)CC2)nc2ccccn12. The fourth-order valence-electron chi connectivity index (χ4n) is 5.57. The normalized spacial score (nSPS) is 20.8. The fraction of sp³-hybridized carbons (Fsp3) is 0.385. The molecule has 6 rings (SSSR count). The predicted octanol–water partition coefficient (Wildman–Crippen LogP) is 1.87. The maximum Gasteiger partial charge on any atom is 0.255 e. The minimum atomic E-state index is -0.718. The second-order valence-corrected chi connectivity index (χ2v) is 9.69. The van der Waals surface area contributed by atoms with Crippen LogP contribution in [0.25, 0.3) is 5.65 Å². The largest absolute Gasteiger partial charge is 0.369 e. The van der Waals surface area contributed by atoms with Gasteiger partial charge in [0.1, 0.15) is 17.5 Å². The van der Waals surface area contributed by atoms with E-state index in [-0.39, 0.29) is 31.2 Å². The Morgan fingerprint density at radius 2 is 1.92 bits per heavy atom. The molecule has 0 spiro atoms. The van der Waals surface area contributed by atoms with Crippen molar-refractivity contribution >= 4 is 29.1 Å². The molecule has 1 N–H and O–H groups in total. The summed E-state index contributed by atoms with van der Waals surface area (Å²) in [5.41, 5.74) is 4.86. The van der Waals surface area contributed by atoms with Crippen molar-refractivity contribution in [1.29, 1.82) is 0 Å². The van der Waals surface area contributed by atoms with Crippen LogP contribution in [0.4, 0.5) is 10.1 Å². The molecule has 1 atom stereocenters. The monoisotopic (exact) mass is 490 g/mol. The molecule has 36 heavy (non-hydrogen) atoms. The number of pyridine rings is 1. The van der Waals surface area contributed by atoms with Gasteiger partial charge in [0.25, 0.3) is 5.91 Å². The highest BCUT2D eigenvalue weighted by molar-refractivity contribution is 6.06. The van der Waals surface area contributed by atoms with Gasteiger partial charge in [-0.15, -0.1) is 0 Å². The van der Waals surface area contributed by atoms with Gasteiger partial charge in [0.15, 0.2) is 0 Å². The summed E-state index contributed by atoms with van der Waals surface area (Å²) in [6.45, 7) is 5.99. The molecule has 186 valence electrons. The molecule has 2 fully saturated rings. The van der Waals surface area contributed by atoms with Gasteiger partial charge < -0.3 is 14.2 Å². The third-order valence-corrected chi connectivity index (χ3v) is 7.55. The van der Waals surface area contributed by atoms with E-state index in [0.29, 0.717) is 24.3 Å². The number of halogens is 1. The van der Waals surface area contributed by atoms with E-state index in [1.165, 1.54) is 17.0 Å². The number of piperidine rings is 1. The van der Waals surface area contributed by atoms with Gasteiger partial charge in [-0.05, 0) is 37.6 Å². The first-order chi connectivity index (χ1) is 17.4. The first-order valence-corrected chi connectivity index (χ1v) is 12.3. The molecule has 0 saturated carbocycles. The third kappa shape index (κ3) is 3.81. The zero-order valence-electron chi connectivity index (χ0n) is 20.0. The summed E-state index contributed by atoms with van der Waals surface area (Å²) in [5, 5.41) is 2.31. The highest BCUT2D eigenvalue weighted by atomic mass is 19.1. The van der Waals surface area contributed by atoms with Crippen molar-refractivity contribution in [2.75, 3.05) is 31.1 Å². The molecular weight excluding hydrogens is 463 g/mol. The molecule has 2 aromatic heterocycles. The van der Waals surface area contributed by atoms with E-state index < -0.39 is 17.8 Å². The average molecular weight is 491 g/mol. The van der Waals surface area contributed by atoms with Crippen LogP contribution in [0.15, 0.2) is 36.5 Å². The van der Waals surface area contributed by atoms with Crippen LogP contribution in [0, 0.1) is 12.7 Å². The number of amides is 3. The van der Waals surface area contributed by atoms with Gasteiger partial charge in [-0.2, -0.15) is 0 Å². The summed E-state index contributed by atoms with van der Waals surface area (Å²) in [6.07, 6.45) is 2.48. The summed E-state index contributed by atoms with van der Waals surface area (Å²) in [7, 11) is 0. The van der Waals surface area contributed by atoms with Crippen molar-refractivity contribution < 1.29 is 18.8 Å². The van der Waals surface area contributed by atoms with Crippen molar-refractivity contribution in [2.45, 2.75) is 38.9 Å². The smallest absolute Gasteiger partial charge is 0.255 e. The minimum Gasteiger partial charge on any atom is -0.369 e. The van der Waals surface area contributed by atoms with Crippen molar-refractivity contribution in [3.8, 4) is 0 Å². The molecule has 10 heteroatoms. The van der Waals surface area contributed by atoms with Gasteiger partial charge in [-0.3, -0.25) is 24.6 Å². The van der Waals surface area contributed by atoms with Crippen molar-refractivity contribution in [3.63, 3.8) is 0 Å². The first kappa shape index (κ1) is 22.7. The zero-order valence-corrected chi connectivity index (χ0v) is 20.0. The lowest BCUT2D eigenvalue weighted by Crippen LogP contribution is -2.52. The molecule has 0 radical (unpaired) electrons. The standard InChI is InChI=1S/C26H27FN6O3/c1-16-20(28-23-4-2-3-7-32(16)23)15-30-8-10-31(11-9-30)22-13-17(27)12-18-19(22)14-33(26(18)36)21-5-6-24(34)29-25(21)35/h2-4,7,12-13,21H,5-6,8-11,14-15H2,1H3,(H,29,34,35). The zero-order chi connectivity index (χ0) is 25.0. The van der Waals surface area contributed by atoms with Crippen LogP contribution in [-0.4, -0.2) is 69.1 Å². The van der Waals surface area contributed by atoms with Gasteiger partial charge in [-0.25, -0.2) is 9.37 Å². The second-order valence-electron chi connectivity index (χ2n) is 9.69. The Morgan fingerprint density at radius 1 is 1.11 bits per heavy atom. The quantitative estimate of drug-likeness (QED) is 0.562. The number of nitrogens with one attached hydrogen (secondary N) is 1. The summed E-state index contributed by atoms with van der Waals surface area (Å²) in [4.78, 5) is 47.8. The van der Waals surface area contributed by atoms with Crippen LogP contribution in [0.5, 0.6) is 0 Å². The van der Waals surface area contributed by atoms with Gasteiger partial charge in [0.05, 0.1) is 5.69 Å². The lowest BCUT2D eigenvalue weighted by molar-refractivity contribution is -0.136. The Hall–Kier alpha value is -3.79. The first-order valence-electron chi connectivity index (χ1n) is 12.3. The van der Waals surface area contributed by atoms with Crippen LogP contribution < -0.4 is 10.2 Å². The van der Waals surface area contributed by atoms with Gasteiger partial charge in [0.2, 0.25) is 11.8 Å². The van der Waals surface area contributed by atoms with Crippen molar-refractivity contribution in [3.05, 3.63) is 64.9 Å². The number of benzene rings is 1. The summed E-state index contributed by atoms with van der Waals surface area (Å²) >= 11 is 0. The third-order valence-electron chi connectivity index (χ3n) is 7.55. The molecule has 9 nitrogen and oxygen atoms in total. The number of imidazole rings is 1. The number of anilines is 1. The van der Waals surface area contributed by atoms with E-state index in [1.807, 2.05) is 24.4 Å². The number of carbonyl (C=O) groups is 3. The average Bonchev–Trinajstić information content (AvgIpc) is 3.36. The number of hydrogen-bond donors (Lipinski definition) is 1. The molecule has 2 saturated heterocycles. The predicted molar refractivity (Wildman–Crippen MR) is 130 cm³/mol. The number of aromatic nitrogens is 2. The van der Waals surface area contributed by atoms with Crippen molar-refractivity contribution in [2.24, 2.45) is 0 Å². The molecular formula is C26H27FN6O3.